The molecule has 3 rings (SSSR count). The lowest BCUT2D eigenvalue weighted by molar-refractivity contribution is 0.499. The van der Waals surface area contributed by atoms with Crippen LogP contribution in [0.25, 0.3) is 10.9 Å². The summed E-state index contributed by atoms with van der Waals surface area (Å²) < 4.78 is 5.55. The number of nitrogens with two attached hydrogens (primary N) is 1. The minimum absolute atomic E-state index is 0.177. The van der Waals surface area contributed by atoms with Gasteiger partial charge in [0.15, 0.2) is 0 Å². The van der Waals surface area contributed by atoms with Crippen LogP contribution in [0.4, 0.5) is 0 Å². The lowest BCUT2D eigenvalue weighted by atomic mass is 9.98. The molecule has 0 aliphatic carbocycles. The third-order valence-electron chi connectivity index (χ3n) is 3.40. The Morgan fingerprint density at radius 2 is 2.00 bits per heavy atom. The van der Waals surface area contributed by atoms with Crippen LogP contribution in [0.5, 0.6) is 0 Å². The molecule has 19 heavy (non-hydrogen) atoms. The summed E-state index contributed by atoms with van der Waals surface area (Å²) in [5.41, 5.74) is 9.39. The van der Waals surface area contributed by atoms with E-state index < -0.39 is 0 Å². The predicted molar refractivity (Wildman–Crippen MR) is 76.0 cm³/mol. The van der Waals surface area contributed by atoms with Crippen LogP contribution in [0.3, 0.4) is 0 Å². The van der Waals surface area contributed by atoms with E-state index in [2.05, 4.69) is 17.1 Å². The van der Waals surface area contributed by atoms with Gasteiger partial charge in [0.05, 0.1) is 11.6 Å². The predicted octanol–water partition coefficient (Wildman–Crippen LogP) is 3.49. The highest BCUT2D eigenvalue weighted by molar-refractivity contribution is 5.79. The molecular weight excluding hydrogens is 236 g/mol. The number of aromatic nitrogens is 1. The van der Waals surface area contributed by atoms with Gasteiger partial charge >= 0.3 is 0 Å². The Morgan fingerprint density at radius 1 is 1.16 bits per heavy atom. The van der Waals surface area contributed by atoms with Gasteiger partial charge in [0, 0.05) is 17.1 Å². The van der Waals surface area contributed by atoms with Crippen molar-refractivity contribution in [2.75, 3.05) is 0 Å². The summed E-state index contributed by atoms with van der Waals surface area (Å²) in [5.74, 6) is 1.77. The SMILES string of the molecule is Cc1cc(C(N)c2ccc3cccnc3c2)c(C)o1. The fraction of sp³-hybridized carbons (Fsp3) is 0.188. The van der Waals surface area contributed by atoms with Gasteiger partial charge in [0.1, 0.15) is 11.5 Å². The minimum Gasteiger partial charge on any atom is -0.466 e. The largest absolute Gasteiger partial charge is 0.466 e. The third kappa shape index (κ3) is 2.13. The maximum Gasteiger partial charge on any atom is 0.106 e. The van der Waals surface area contributed by atoms with E-state index in [0.29, 0.717) is 0 Å². The number of benzene rings is 1. The molecule has 0 spiro atoms. The molecule has 2 N–H and O–H groups in total. The fourth-order valence-corrected chi connectivity index (χ4v) is 2.42. The van der Waals surface area contributed by atoms with Gasteiger partial charge in [-0.15, -0.1) is 0 Å². The van der Waals surface area contributed by atoms with E-state index in [4.69, 9.17) is 10.2 Å². The van der Waals surface area contributed by atoms with Gasteiger partial charge in [-0.2, -0.15) is 0 Å². The summed E-state index contributed by atoms with van der Waals surface area (Å²) in [5, 5.41) is 1.12. The Bertz CT molecular complexity index is 730. The van der Waals surface area contributed by atoms with Gasteiger partial charge in [0.2, 0.25) is 0 Å². The van der Waals surface area contributed by atoms with Gasteiger partial charge in [-0.05, 0) is 37.6 Å². The zero-order chi connectivity index (χ0) is 13.4. The van der Waals surface area contributed by atoms with E-state index >= 15 is 0 Å². The van der Waals surface area contributed by atoms with Gasteiger partial charge in [0.25, 0.3) is 0 Å². The molecule has 3 heteroatoms. The molecular formula is C16H16N2O. The second-order valence-electron chi connectivity index (χ2n) is 4.80. The summed E-state index contributed by atoms with van der Waals surface area (Å²) in [6.07, 6.45) is 1.80. The van der Waals surface area contributed by atoms with E-state index in [1.807, 2.05) is 38.1 Å². The first-order valence-electron chi connectivity index (χ1n) is 6.32. The van der Waals surface area contributed by atoms with Crippen LogP contribution in [0, 0.1) is 13.8 Å². The van der Waals surface area contributed by atoms with Crippen molar-refractivity contribution < 1.29 is 4.42 Å². The van der Waals surface area contributed by atoms with Crippen molar-refractivity contribution in [1.82, 2.24) is 4.98 Å². The molecule has 0 aliphatic heterocycles. The fourth-order valence-electron chi connectivity index (χ4n) is 2.42. The van der Waals surface area contributed by atoms with Crippen molar-refractivity contribution in [3.8, 4) is 0 Å². The summed E-state index contributed by atoms with van der Waals surface area (Å²) in [7, 11) is 0. The second kappa shape index (κ2) is 4.52. The average Bonchev–Trinajstić information content (AvgIpc) is 2.76. The first kappa shape index (κ1) is 11.9. The topological polar surface area (TPSA) is 52.0 Å². The summed E-state index contributed by atoms with van der Waals surface area (Å²) in [6, 6.07) is 12.0. The molecule has 0 radical (unpaired) electrons. The average molecular weight is 252 g/mol. The van der Waals surface area contributed by atoms with Gasteiger partial charge < -0.3 is 10.2 Å². The minimum atomic E-state index is -0.177. The van der Waals surface area contributed by atoms with Crippen LogP contribution in [0.2, 0.25) is 0 Å². The lowest BCUT2D eigenvalue weighted by Crippen LogP contribution is -2.12. The molecule has 96 valence electrons. The number of fused-ring (bicyclic) bond motifs is 1. The second-order valence-corrected chi connectivity index (χ2v) is 4.80. The zero-order valence-electron chi connectivity index (χ0n) is 11.1. The molecule has 0 fully saturated rings. The zero-order valence-corrected chi connectivity index (χ0v) is 11.1. The van der Waals surface area contributed by atoms with Gasteiger partial charge in [-0.3, -0.25) is 4.98 Å². The van der Waals surface area contributed by atoms with Crippen LogP contribution < -0.4 is 5.73 Å². The number of rotatable bonds is 2. The van der Waals surface area contributed by atoms with Crippen molar-refractivity contribution in [3.05, 3.63) is 65.2 Å². The normalized spacial score (nSPS) is 12.8. The Morgan fingerprint density at radius 3 is 2.74 bits per heavy atom. The molecule has 3 nitrogen and oxygen atoms in total. The van der Waals surface area contributed by atoms with E-state index in [9.17, 15) is 0 Å². The van der Waals surface area contributed by atoms with E-state index in [-0.39, 0.29) is 6.04 Å². The number of pyridine rings is 1. The smallest absolute Gasteiger partial charge is 0.106 e. The summed E-state index contributed by atoms with van der Waals surface area (Å²) >= 11 is 0. The Kier molecular flexibility index (Phi) is 2.84. The highest BCUT2D eigenvalue weighted by Crippen LogP contribution is 2.27. The number of hydrogen-bond acceptors (Lipinski definition) is 3. The Balaban J connectivity index is 2.06. The van der Waals surface area contributed by atoms with E-state index in [1.54, 1.807) is 6.20 Å². The molecule has 1 unspecified atom stereocenters. The van der Waals surface area contributed by atoms with Crippen LogP contribution in [0.15, 0.2) is 47.0 Å². The van der Waals surface area contributed by atoms with Gasteiger partial charge in [-0.25, -0.2) is 0 Å². The molecule has 1 aromatic carbocycles. The number of furan rings is 1. The summed E-state index contributed by atoms with van der Waals surface area (Å²) in [4.78, 5) is 4.37. The van der Waals surface area contributed by atoms with Gasteiger partial charge in [-0.1, -0.05) is 18.2 Å². The van der Waals surface area contributed by atoms with Crippen LogP contribution in [0.1, 0.15) is 28.7 Å². The summed E-state index contributed by atoms with van der Waals surface area (Å²) in [6.45, 7) is 3.88. The standard InChI is InChI=1S/C16H16N2O/c1-10-8-14(11(2)19-10)16(17)13-6-5-12-4-3-7-18-15(12)9-13/h3-9,16H,17H2,1-2H3. The molecule has 0 saturated heterocycles. The maximum absolute atomic E-state index is 6.33. The number of hydrogen-bond donors (Lipinski definition) is 1. The van der Waals surface area contributed by atoms with Crippen molar-refractivity contribution in [3.63, 3.8) is 0 Å². The molecule has 0 saturated carbocycles. The third-order valence-corrected chi connectivity index (χ3v) is 3.40. The molecule has 2 aromatic heterocycles. The monoisotopic (exact) mass is 252 g/mol. The van der Waals surface area contributed by atoms with E-state index in [0.717, 1.165) is 33.6 Å². The van der Waals surface area contributed by atoms with E-state index in [1.165, 1.54) is 0 Å². The van der Waals surface area contributed by atoms with Crippen LogP contribution in [-0.2, 0) is 0 Å². The maximum atomic E-state index is 6.33. The first-order chi connectivity index (χ1) is 9.15. The highest BCUT2D eigenvalue weighted by atomic mass is 16.3. The quantitative estimate of drug-likeness (QED) is 0.759. The Hall–Kier alpha value is -2.13. The highest BCUT2D eigenvalue weighted by Gasteiger charge is 2.15. The Labute approximate surface area is 112 Å². The first-order valence-corrected chi connectivity index (χ1v) is 6.32. The lowest BCUT2D eigenvalue weighted by Gasteiger charge is -2.11. The molecule has 1 atom stereocenters. The molecule has 0 aliphatic rings. The van der Waals surface area contributed by atoms with Crippen molar-refractivity contribution in [1.29, 1.82) is 0 Å². The van der Waals surface area contributed by atoms with Crippen molar-refractivity contribution >= 4 is 10.9 Å². The van der Waals surface area contributed by atoms with Crippen LogP contribution in [-0.4, -0.2) is 4.98 Å². The van der Waals surface area contributed by atoms with Crippen molar-refractivity contribution in [2.24, 2.45) is 5.73 Å². The number of aryl methyl sites for hydroxylation is 2. The number of nitrogens with zero attached hydrogens (tertiary/aromatic N) is 1. The molecule has 2 heterocycles. The molecule has 3 aromatic rings. The molecule has 0 amide bonds. The van der Waals surface area contributed by atoms with Crippen molar-refractivity contribution in [2.45, 2.75) is 19.9 Å². The molecule has 0 bridgehead atoms. The van der Waals surface area contributed by atoms with Crippen LogP contribution >= 0.6 is 0 Å².